The molecule has 1 heterocycles. The first-order chi connectivity index (χ1) is 10.3. The molecule has 0 aliphatic heterocycles. The number of nitrogens with one attached hydrogen (secondary N) is 1. The molecule has 1 aliphatic carbocycles. The maximum atomic E-state index is 14.1. The van der Waals surface area contributed by atoms with E-state index in [0.717, 1.165) is 17.5 Å². The van der Waals surface area contributed by atoms with Gasteiger partial charge in [0.15, 0.2) is 4.77 Å². The Morgan fingerprint density at radius 1 is 1.41 bits per heavy atom. The van der Waals surface area contributed by atoms with Crippen LogP contribution in [0.1, 0.15) is 39.7 Å². The molecule has 4 heteroatoms. The van der Waals surface area contributed by atoms with Crippen LogP contribution in [-0.2, 0) is 0 Å². The standard InChI is InChI=1S/C18H23FN2S/c1-10(2)18(5)12(4)6-7-16(18)21-15-9-13(19)11(3)8-14(15)20-17(21)22/h7-10,12H,6H2,1-5H3,(H,20,22). The van der Waals surface area contributed by atoms with E-state index in [1.807, 2.05) is 10.6 Å². The normalized spacial score (nSPS) is 25.2. The Hall–Kier alpha value is -1.42. The highest BCUT2D eigenvalue weighted by Crippen LogP contribution is 2.51. The molecule has 3 rings (SSSR count). The van der Waals surface area contributed by atoms with Crippen LogP contribution in [0.2, 0.25) is 0 Å². The Balaban J connectivity index is 2.29. The molecule has 2 unspecified atom stereocenters. The molecule has 2 nitrogen and oxygen atoms in total. The lowest BCUT2D eigenvalue weighted by Crippen LogP contribution is -2.31. The summed E-state index contributed by atoms with van der Waals surface area (Å²) in [6.45, 7) is 10.9. The Morgan fingerprint density at radius 2 is 2.09 bits per heavy atom. The topological polar surface area (TPSA) is 20.7 Å². The average molecular weight is 318 g/mol. The predicted octanol–water partition coefficient (Wildman–Crippen LogP) is 5.69. The van der Waals surface area contributed by atoms with Gasteiger partial charge in [-0.25, -0.2) is 4.39 Å². The lowest BCUT2D eigenvalue weighted by Gasteiger charge is -2.37. The lowest BCUT2D eigenvalue weighted by molar-refractivity contribution is 0.215. The second-order valence-corrected chi connectivity index (χ2v) is 7.43. The van der Waals surface area contributed by atoms with Crippen molar-refractivity contribution in [1.82, 2.24) is 9.55 Å². The summed E-state index contributed by atoms with van der Waals surface area (Å²) in [6, 6.07) is 3.43. The Bertz CT molecular complexity index is 827. The van der Waals surface area contributed by atoms with E-state index >= 15 is 0 Å². The first-order valence-electron chi connectivity index (χ1n) is 7.88. The van der Waals surface area contributed by atoms with Gasteiger partial charge in [-0.05, 0) is 49.0 Å². The van der Waals surface area contributed by atoms with Crippen molar-refractivity contribution in [3.8, 4) is 0 Å². The van der Waals surface area contributed by atoms with Gasteiger partial charge in [-0.3, -0.25) is 4.57 Å². The molecule has 0 saturated carbocycles. The Labute approximate surface area is 136 Å². The second kappa shape index (κ2) is 5.05. The van der Waals surface area contributed by atoms with E-state index in [1.54, 1.807) is 13.0 Å². The summed E-state index contributed by atoms with van der Waals surface area (Å²) >= 11 is 5.55. The fourth-order valence-corrected chi connectivity index (χ4v) is 3.99. The van der Waals surface area contributed by atoms with Crippen LogP contribution >= 0.6 is 12.2 Å². The van der Waals surface area contributed by atoms with Gasteiger partial charge < -0.3 is 4.98 Å². The van der Waals surface area contributed by atoms with Crippen LogP contribution < -0.4 is 0 Å². The number of aromatic nitrogens is 2. The number of hydrogen-bond acceptors (Lipinski definition) is 1. The lowest BCUT2D eigenvalue weighted by atomic mass is 9.70. The van der Waals surface area contributed by atoms with Crippen LogP contribution in [0.4, 0.5) is 4.39 Å². The third kappa shape index (κ3) is 2.00. The molecule has 0 radical (unpaired) electrons. The molecule has 1 aromatic heterocycles. The summed E-state index contributed by atoms with van der Waals surface area (Å²) in [4.78, 5) is 3.23. The molecule has 0 fully saturated rings. The van der Waals surface area contributed by atoms with Crippen LogP contribution in [0.3, 0.4) is 0 Å². The van der Waals surface area contributed by atoms with Gasteiger partial charge in [-0.15, -0.1) is 0 Å². The largest absolute Gasteiger partial charge is 0.330 e. The number of allylic oxidation sites excluding steroid dienone is 2. The van der Waals surface area contributed by atoms with Crippen molar-refractivity contribution < 1.29 is 4.39 Å². The zero-order valence-electron chi connectivity index (χ0n) is 13.8. The molecule has 1 aliphatic rings. The molecule has 1 N–H and O–H groups in total. The van der Waals surface area contributed by atoms with Gasteiger partial charge in [0.1, 0.15) is 5.82 Å². The van der Waals surface area contributed by atoms with E-state index < -0.39 is 0 Å². The number of H-pyrrole nitrogens is 1. The minimum Gasteiger partial charge on any atom is -0.330 e. The second-order valence-electron chi connectivity index (χ2n) is 7.05. The number of rotatable bonds is 2. The van der Waals surface area contributed by atoms with Gasteiger partial charge in [0.2, 0.25) is 0 Å². The maximum Gasteiger partial charge on any atom is 0.182 e. The fourth-order valence-electron chi connectivity index (χ4n) is 3.68. The van der Waals surface area contributed by atoms with Crippen molar-refractivity contribution in [3.63, 3.8) is 0 Å². The fraction of sp³-hybridized carbons (Fsp3) is 0.500. The van der Waals surface area contributed by atoms with Gasteiger partial charge in [0.05, 0.1) is 11.0 Å². The summed E-state index contributed by atoms with van der Waals surface area (Å²) in [5.74, 6) is 0.844. The zero-order chi connectivity index (χ0) is 16.2. The van der Waals surface area contributed by atoms with Crippen molar-refractivity contribution in [3.05, 3.63) is 34.4 Å². The summed E-state index contributed by atoms with van der Waals surface area (Å²) in [6.07, 6.45) is 3.30. The third-order valence-electron chi connectivity index (χ3n) is 5.64. The highest BCUT2D eigenvalue weighted by atomic mass is 32.1. The monoisotopic (exact) mass is 318 g/mol. The van der Waals surface area contributed by atoms with Gasteiger partial charge in [0.25, 0.3) is 0 Å². The number of benzene rings is 1. The number of aryl methyl sites for hydroxylation is 1. The maximum absolute atomic E-state index is 14.1. The van der Waals surface area contributed by atoms with E-state index in [-0.39, 0.29) is 11.2 Å². The third-order valence-corrected chi connectivity index (χ3v) is 5.93. The molecule has 0 amide bonds. The van der Waals surface area contributed by atoms with E-state index in [9.17, 15) is 4.39 Å². The van der Waals surface area contributed by atoms with Crippen LogP contribution in [0.5, 0.6) is 0 Å². The van der Waals surface area contributed by atoms with Crippen LogP contribution in [0.15, 0.2) is 18.2 Å². The summed E-state index contributed by atoms with van der Waals surface area (Å²) in [7, 11) is 0. The number of nitrogens with zero attached hydrogens (tertiary/aromatic N) is 1. The number of fused-ring (bicyclic) bond motifs is 1. The highest BCUT2D eigenvalue weighted by molar-refractivity contribution is 7.71. The SMILES string of the molecule is Cc1cc2[nH]c(=S)n(C3=CCC(C)C3(C)C(C)C)c2cc1F. The number of halogens is 1. The minimum atomic E-state index is -0.187. The Morgan fingerprint density at radius 3 is 2.73 bits per heavy atom. The van der Waals surface area contributed by atoms with Crippen LogP contribution in [0.25, 0.3) is 16.7 Å². The summed E-state index contributed by atoms with van der Waals surface area (Å²) < 4.78 is 16.8. The van der Waals surface area contributed by atoms with Crippen molar-refractivity contribution in [2.24, 2.45) is 17.3 Å². The number of aromatic amines is 1. The molecule has 118 valence electrons. The van der Waals surface area contributed by atoms with E-state index in [0.29, 0.717) is 22.2 Å². The number of hydrogen-bond donors (Lipinski definition) is 1. The molecular formula is C18H23FN2S. The van der Waals surface area contributed by atoms with Crippen LogP contribution in [0, 0.1) is 34.8 Å². The van der Waals surface area contributed by atoms with Gasteiger partial charge in [-0.2, -0.15) is 0 Å². The molecule has 0 spiro atoms. The minimum absolute atomic E-state index is 0.0364. The summed E-state index contributed by atoms with van der Waals surface area (Å²) in [5, 5.41) is 0. The van der Waals surface area contributed by atoms with E-state index in [1.165, 1.54) is 5.70 Å². The smallest absolute Gasteiger partial charge is 0.182 e. The van der Waals surface area contributed by atoms with E-state index in [4.69, 9.17) is 12.2 Å². The molecule has 2 atom stereocenters. The van der Waals surface area contributed by atoms with Gasteiger partial charge in [0, 0.05) is 17.2 Å². The van der Waals surface area contributed by atoms with E-state index in [2.05, 4.69) is 38.8 Å². The zero-order valence-corrected chi connectivity index (χ0v) is 14.6. The van der Waals surface area contributed by atoms with Gasteiger partial charge in [-0.1, -0.05) is 33.8 Å². The Kier molecular flexibility index (Phi) is 3.55. The van der Waals surface area contributed by atoms with Crippen molar-refractivity contribution >= 4 is 28.9 Å². The summed E-state index contributed by atoms with van der Waals surface area (Å²) in [5.41, 5.74) is 3.61. The average Bonchev–Trinajstić information content (AvgIpc) is 2.89. The molecule has 1 aromatic carbocycles. The van der Waals surface area contributed by atoms with Crippen molar-refractivity contribution in [1.29, 1.82) is 0 Å². The van der Waals surface area contributed by atoms with Gasteiger partial charge >= 0.3 is 0 Å². The predicted molar refractivity (Wildman–Crippen MR) is 92.8 cm³/mol. The first kappa shape index (κ1) is 15.5. The molecule has 0 saturated heterocycles. The molecule has 0 bridgehead atoms. The number of imidazole rings is 1. The first-order valence-corrected chi connectivity index (χ1v) is 8.29. The molecular weight excluding hydrogens is 295 g/mol. The van der Waals surface area contributed by atoms with Crippen LogP contribution in [-0.4, -0.2) is 9.55 Å². The van der Waals surface area contributed by atoms with Crippen molar-refractivity contribution in [2.75, 3.05) is 0 Å². The van der Waals surface area contributed by atoms with Crippen molar-refractivity contribution in [2.45, 2.75) is 41.0 Å². The molecule has 22 heavy (non-hydrogen) atoms. The molecule has 2 aromatic rings. The highest BCUT2D eigenvalue weighted by Gasteiger charge is 2.42. The quantitative estimate of drug-likeness (QED) is 0.705.